The highest BCUT2D eigenvalue weighted by Gasteiger charge is 2.35. The Labute approximate surface area is 221 Å². The summed E-state index contributed by atoms with van der Waals surface area (Å²) < 4.78 is 8.61. The summed E-state index contributed by atoms with van der Waals surface area (Å²) in [6.07, 6.45) is 3.54. The zero-order valence-corrected chi connectivity index (χ0v) is 21.6. The minimum Gasteiger partial charge on any atom is -0.383 e. The number of nitrogens with zero attached hydrogens (tertiary/aromatic N) is 5. The van der Waals surface area contributed by atoms with E-state index in [0.29, 0.717) is 23.1 Å². The van der Waals surface area contributed by atoms with Crippen LogP contribution in [0, 0.1) is 0 Å². The van der Waals surface area contributed by atoms with Gasteiger partial charge in [-0.05, 0) is 17.7 Å². The van der Waals surface area contributed by atoms with Gasteiger partial charge in [0.05, 0.1) is 24.5 Å². The lowest BCUT2D eigenvalue weighted by atomic mass is 9.94. The maximum atomic E-state index is 13.4. The lowest BCUT2D eigenvalue weighted by Crippen LogP contribution is -2.42. The number of ether oxygens (including phenoxy) is 1. The number of aryl methyl sites for hydroxylation is 1. The number of urea groups is 1. The summed E-state index contributed by atoms with van der Waals surface area (Å²) in [6.45, 7) is 3.01. The van der Waals surface area contributed by atoms with Gasteiger partial charge in [0, 0.05) is 51.5 Å². The quantitative estimate of drug-likeness (QED) is 0.365. The van der Waals surface area contributed by atoms with E-state index >= 15 is 0 Å². The molecule has 1 fully saturated rings. The summed E-state index contributed by atoms with van der Waals surface area (Å²) in [7, 11) is 3.53. The van der Waals surface area contributed by atoms with E-state index in [-0.39, 0.29) is 18.0 Å². The maximum Gasteiger partial charge on any atom is 0.320 e. The van der Waals surface area contributed by atoms with Gasteiger partial charge in [-0.15, -0.1) is 0 Å². The molecule has 2 amide bonds. The van der Waals surface area contributed by atoms with Crippen molar-refractivity contribution in [1.29, 1.82) is 0 Å². The van der Waals surface area contributed by atoms with Gasteiger partial charge in [-0.1, -0.05) is 60.1 Å². The number of nitrogens with one attached hydrogen (secondary N) is 2. The topological polar surface area (TPSA) is 89.2 Å². The number of methoxy groups -OCH3 is 1. The molecule has 2 unspecified atom stereocenters. The van der Waals surface area contributed by atoms with Crippen LogP contribution in [-0.4, -0.2) is 69.9 Å². The first-order valence-electron chi connectivity index (χ1n) is 12.2. The second-order valence-electron chi connectivity index (χ2n) is 9.14. The number of amides is 2. The Balaban J connectivity index is 1.41. The minimum absolute atomic E-state index is 0.0797. The molecule has 0 spiro atoms. The Morgan fingerprint density at radius 2 is 1.84 bits per heavy atom. The smallest absolute Gasteiger partial charge is 0.320 e. The van der Waals surface area contributed by atoms with Crippen LogP contribution in [0.2, 0.25) is 5.02 Å². The van der Waals surface area contributed by atoms with Crippen molar-refractivity contribution in [3.8, 4) is 16.9 Å². The van der Waals surface area contributed by atoms with Crippen LogP contribution in [-0.2, 0) is 11.8 Å². The largest absolute Gasteiger partial charge is 0.383 e. The third kappa shape index (κ3) is 5.53. The van der Waals surface area contributed by atoms with Crippen LogP contribution in [0.25, 0.3) is 16.9 Å². The van der Waals surface area contributed by atoms with Crippen molar-refractivity contribution >= 4 is 23.4 Å². The molecule has 0 radical (unpaired) electrons. The van der Waals surface area contributed by atoms with Crippen molar-refractivity contribution in [2.75, 3.05) is 38.7 Å². The number of hydrogen-bond donors (Lipinski definition) is 2. The summed E-state index contributed by atoms with van der Waals surface area (Å²) in [4.78, 5) is 15.7. The Morgan fingerprint density at radius 3 is 2.51 bits per heavy atom. The fourth-order valence-electron chi connectivity index (χ4n) is 4.78. The molecule has 9 nitrogen and oxygen atoms in total. The van der Waals surface area contributed by atoms with Crippen molar-refractivity contribution in [2.24, 2.45) is 7.05 Å². The van der Waals surface area contributed by atoms with Crippen LogP contribution in [0.3, 0.4) is 0 Å². The second kappa shape index (κ2) is 11.2. The van der Waals surface area contributed by atoms with Gasteiger partial charge in [0.1, 0.15) is 10.7 Å². The third-order valence-electron chi connectivity index (χ3n) is 6.59. The maximum absolute atomic E-state index is 13.4. The van der Waals surface area contributed by atoms with E-state index in [4.69, 9.17) is 21.4 Å². The van der Waals surface area contributed by atoms with E-state index in [0.717, 1.165) is 30.9 Å². The van der Waals surface area contributed by atoms with Crippen molar-refractivity contribution in [1.82, 2.24) is 29.8 Å². The van der Waals surface area contributed by atoms with E-state index in [9.17, 15) is 4.79 Å². The molecule has 4 aromatic rings. The van der Waals surface area contributed by atoms with E-state index in [2.05, 4.69) is 32.8 Å². The summed E-state index contributed by atoms with van der Waals surface area (Å²) >= 11 is 6.80. The summed E-state index contributed by atoms with van der Waals surface area (Å²) in [5.74, 6) is 0.555. The average Bonchev–Trinajstić information content (AvgIpc) is 3.61. The number of halogens is 1. The molecule has 2 N–H and O–H groups in total. The molecule has 2 atom stereocenters. The molecular formula is C27H30ClN7O2. The molecule has 1 aliphatic heterocycles. The number of rotatable bonds is 8. The van der Waals surface area contributed by atoms with Gasteiger partial charge in [0.25, 0.3) is 0 Å². The fraction of sp³-hybridized carbons (Fsp3) is 0.296. The van der Waals surface area contributed by atoms with Crippen molar-refractivity contribution in [3.63, 3.8) is 0 Å². The lowest BCUT2D eigenvalue weighted by Gasteiger charge is -2.21. The molecule has 2 aromatic heterocycles. The Bertz CT molecular complexity index is 1340. The van der Waals surface area contributed by atoms with Gasteiger partial charge < -0.3 is 10.1 Å². The predicted octanol–water partition coefficient (Wildman–Crippen LogP) is 4.16. The van der Waals surface area contributed by atoms with Gasteiger partial charge in [-0.25, -0.2) is 9.48 Å². The number of aromatic nitrogens is 4. The molecule has 1 saturated heterocycles. The Hall–Kier alpha value is -3.66. The van der Waals surface area contributed by atoms with Crippen molar-refractivity contribution < 1.29 is 9.53 Å². The molecule has 0 bridgehead atoms. The highest BCUT2D eigenvalue weighted by atomic mass is 35.5. The Kier molecular flexibility index (Phi) is 7.55. The summed E-state index contributed by atoms with van der Waals surface area (Å²) in [5.41, 5.74) is 3.28. The third-order valence-corrected chi connectivity index (χ3v) is 6.95. The highest BCUT2D eigenvalue weighted by Crippen LogP contribution is 2.35. The molecule has 0 saturated carbocycles. The van der Waals surface area contributed by atoms with Crippen LogP contribution < -0.4 is 10.6 Å². The summed E-state index contributed by atoms with van der Waals surface area (Å²) in [6, 6.07) is 19.4. The van der Waals surface area contributed by atoms with Crippen LogP contribution in [0.5, 0.6) is 0 Å². The Morgan fingerprint density at radius 1 is 1.11 bits per heavy atom. The standard InChI is InChI=1S/C27H30ClN7O2/c1-33-16-20(15-29-33)25-24(28)26(35(32-25)21-11-7-4-8-12-21)31-27(36)30-23-18-34(13-14-37-2)17-22(23)19-9-5-3-6-10-19/h3-12,15-16,22-23H,13-14,17-18H2,1-2H3,(H2,30,31,36). The predicted molar refractivity (Wildman–Crippen MR) is 144 cm³/mol. The van der Waals surface area contributed by atoms with E-state index < -0.39 is 0 Å². The zero-order chi connectivity index (χ0) is 25.8. The van der Waals surface area contributed by atoms with Gasteiger partial charge in [0.15, 0.2) is 5.82 Å². The zero-order valence-electron chi connectivity index (χ0n) is 20.8. The second-order valence-corrected chi connectivity index (χ2v) is 9.51. The van der Waals surface area contributed by atoms with Crippen LogP contribution in [0.4, 0.5) is 10.6 Å². The number of likely N-dealkylation sites (tertiary alicyclic amines) is 1. The van der Waals surface area contributed by atoms with Gasteiger partial charge in [-0.2, -0.15) is 10.2 Å². The average molecular weight is 520 g/mol. The molecule has 37 heavy (non-hydrogen) atoms. The van der Waals surface area contributed by atoms with Crippen LogP contribution >= 0.6 is 11.6 Å². The molecule has 192 valence electrons. The first-order valence-corrected chi connectivity index (χ1v) is 12.6. The first-order chi connectivity index (χ1) is 18.0. The SMILES string of the molecule is COCCN1CC(NC(=O)Nc2c(Cl)c(-c3cnn(C)c3)nn2-c2ccccc2)C(c2ccccc2)C1. The van der Waals surface area contributed by atoms with Gasteiger partial charge in [0.2, 0.25) is 0 Å². The monoisotopic (exact) mass is 519 g/mol. The number of para-hydroxylation sites is 1. The molecule has 3 heterocycles. The molecular weight excluding hydrogens is 490 g/mol. The fourth-order valence-corrected chi connectivity index (χ4v) is 5.05. The van der Waals surface area contributed by atoms with Crippen molar-refractivity contribution in [3.05, 3.63) is 83.6 Å². The summed E-state index contributed by atoms with van der Waals surface area (Å²) in [5, 5.41) is 15.5. The number of carbonyl (C=O) groups is 1. The number of benzene rings is 2. The molecule has 10 heteroatoms. The number of carbonyl (C=O) groups excluding carboxylic acids is 1. The van der Waals surface area contributed by atoms with Crippen LogP contribution in [0.1, 0.15) is 11.5 Å². The van der Waals surface area contributed by atoms with Gasteiger partial charge >= 0.3 is 6.03 Å². The van der Waals surface area contributed by atoms with Gasteiger partial charge in [-0.3, -0.25) is 14.9 Å². The van der Waals surface area contributed by atoms with E-state index in [1.54, 1.807) is 22.7 Å². The molecule has 0 aliphatic carbocycles. The molecule has 2 aromatic carbocycles. The minimum atomic E-state index is -0.337. The number of anilines is 1. The van der Waals surface area contributed by atoms with E-state index in [1.807, 2.05) is 61.8 Å². The first kappa shape index (κ1) is 25.0. The van der Waals surface area contributed by atoms with Crippen LogP contribution in [0.15, 0.2) is 73.1 Å². The van der Waals surface area contributed by atoms with E-state index in [1.165, 1.54) is 5.56 Å². The lowest BCUT2D eigenvalue weighted by molar-refractivity contribution is 0.159. The molecule has 5 rings (SSSR count). The number of hydrogen-bond acceptors (Lipinski definition) is 5. The highest BCUT2D eigenvalue weighted by molar-refractivity contribution is 6.36. The normalized spacial score (nSPS) is 17.7. The molecule has 1 aliphatic rings. The van der Waals surface area contributed by atoms with Crippen molar-refractivity contribution in [2.45, 2.75) is 12.0 Å².